The number of carbonyl (C=O) groups excluding carboxylic acids is 1. The Hall–Kier alpha value is -0.370. The predicted octanol–water partition coefficient (Wildman–Crippen LogP) is 3.57. The summed E-state index contributed by atoms with van der Waals surface area (Å²) in [5.41, 5.74) is 0.186. The second-order valence-corrected chi connectivity index (χ2v) is 8.40. The summed E-state index contributed by atoms with van der Waals surface area (Å²) < 4.78 is 0. The summed E-state index contributed by atoms with van der Waals surface area (Å²) in [6, 6.07) is 0. The SMILES string of the molecule is CC1(C)[C@@H](O)CC[C@]2(C)[C@H]3CCC(=O)[C@]3(C)CC[C@@H]12. The third-order valence-electron chi connectivity index (χ3n) is 7.32. The van der Waals surface area contributed by atoms with E-state index in [1.165, 1.54) is 0 Å². The van der Waals surface area contributed by atoms with Crippen LogP contribution in [0.3, 0.4) is 0 Å². The molecule has 0 bridgehead atoms. The average molecular weight is 264 g/mol. The molecule has 5 atom stereocenters. The van der Waals surface area contributed by atoms with Crippen molar-refractivity contribution >= 4 is 5.78 Å². The monoisotopic (exact) mass is 264 g/mol. The maximum absolute atomic E-state index is 12.3. The molecule has 1 N–H and O–H groups in total. The first-order valence-electron chi connectivity index (χ1n) is 7.94. The molecule has 0 aromatic heterocycles. The Morgan fingerprint density at radius 3 is 2.37 bits per heavy atom. The molecule has 0 radical (unpaired) electrons. The van der Waals surface area contributed by atoms with Crippen LogP contribution >= 0.6 is 0 Å². The van der Waals surface area contributed by atoms with Crippen LogP contribution in [0.4, 0.5) is 0 Å². The van der Waals surface area contributed by atoms with Crippen LogP contribution in [-0.4, -0.2) is 17.0 Å². The second-order valence-electron chi connectivity index (χ2n) is 8.40. The fraction of sp³-hybridized carbons (Fsp3) is 0.941. The maximum atomic E-state index is 12.3. The van der Waals surface area contributed by atoms with Crippen molar-refractivity contribution < 1.29 is 9.90 Å². The van der Waals surface area contributed by atoms with Gasteiger partial charge in [-0.05, 0) is 54.8 Å². The average Bonchev–Trinajstić information content (AvgIpc) is 2.63. The van der Waals surface area contributed by atoms with E-state index >= 15 is 0 Å². The molecule has 0 unspecified atom stereocenters. The van der Waals surface area contributed by atoms with E-state index in [0.717, 1.165) is 38.5 Å². The molecule has 19 heavy (non-hydrogen) atoms. The molecule has 0 aliphatic heterocycles. The van der Waals surface area contributed by atoms with Crippen LogP contribution in [-0.2, 0) is 4.79 Å². The van der Waals surface area contributed by atoms with Crippen molar-refractivity contribution in [2.24, 2.45) is 28.1 Å². The number of aliphatic hydroxyl groups is 1. The van der Waals surface area contributed by atoms with Crippen molar-refractivity contribution in [3.8, 4) is 0 Å². The molecule has 3 aliphatic rings. The molecule has 3 fully saturated rings. The molecule has 0 spiro atoms. The van der Waals surface area contributed by atoms with E-state index in [-0.39, 0.29) is 22.3 Å². The van der Waals surface area contributed by atoms with Gasteiger partial charge in [0.1, 0.15) is 5.78 Å². The van der Waals surface area contributed by atoms with Crippen LogP contribution in [0.25, 0.3) is 0 Å². The summed E-state index contributed by atoms with van der Waals surface area (Å²) in [4.78, 5) is 12.3. The van der Waals surface area contributed by atoms with Gasteiger partial charge in [0.25, 0.3) is 0 Å². The zero-order valence-electron chi connectivity index (χ0n) is 12.8. The Morgan fingerprint density at radius 1 is 1.00 bits per heavy atom. The first kappa shape index (κ1) is 13.6. The summed E-state index contributed by atoms with van der Waals surface area (Å²) in [5, 5.41) is 10.4. The Bertz CT molecular complexity index is 413. The van der Waals surface area contributed by atoms with Gasteiger partial charge in [-0.25, -0.2) is 0 Å². The van der Waals surface area contributed by atoms with Gasteiger partial charge in [-0.15, -0.1) is 0 Å². The van der Waals surface area contributed by atoms with Gasteiger partial charge in [0, 0.05) is 11.8 Å². The second kappa shape index (κ2) is 3.84. The van der Waals surface area contributed by atoms with Crippen LogP contribution in [0, 0.1) is 28.1 Å². The van der Waals surface area contributed by atoms with Crippen LogP contribution in [0.15, 0.2) is 0 Å². The van der Waals surface area contributed by atoms with Gasteiger partial charge in [-0.1, -0.05) is 27.7 Å². The Labute approximate surface area is 117 Å². The molecule has 3 aliphatic carbocycles. The Balaban J connectivity index is 2.01. The van der Waals surface area contributed by atoms with Crippen molar-refractivity contribution in [2.75, 3.05) is 0 Å². The highest BCUT2D eigenvalue weighted by Crippen LogP contribution is 2.67. The molecular weight excluding hydrogens is 236 g/mol. The number of rotatable bonds is 0. The van der Waals surface area contributed by atoms with Crippen molar-refractivity contribution in [1.82, 2.24) is 0 Å². The molecular formula is C17H28O2. The summed E-state index contributed by atoms with van der Waals surface area (Å²) in [6.07, 6.45) is 5.83. The lowest BCUT2D eigenvalue weighted by Crippen LogP contribution is -2.58. The van der Waals surface area contributed by atoms with E-state index < -0.39 is 0 Å². The molecule has 0 amide bonds. The molecule has 2 heteroatoms. The van der Waals surface area contributed by atoms with Crippen LogP contribution in [0.5, 0.6) is 0 Å². The summed E-state index contributed by atoms with van der Waals surface area (Å²) in [6.45, 7) is 9.09. The summed E-state index contributed by atoms with van der Waals surface area (Å²) >= 11 is 0. The molecule has 0 aromatic rings. The van der Waals surface area contributed by atoms with Crippen molar-refractivity contribution in [3.05, 3.63) is 0 Å². The smallest absolute Gasteiger partial charge is 0.139 e. The molecule has 0 heterocycles. The number of hydrogen-bond acceptors (Lipinski definition) is 2. The van der Waals surface area contributed by atoms with Gasteiger partial charge in [-0.2, -0.15) is 0 Å². The largest absolute Gasteiger partial charge is 0.393 e. The number of Topliss-reactive ketones (excluding diaryl/α,β-unsaturated/α-hetero) is 1. The van der Waals surface area contributed by atoms with Crippen LogP contribution in [0.1, 0.15) is 66.2 Å². The molecule has 0 aromatic carbocycles. The van der Waals surface area contributed by atoms with E-state index in [1.807, 2.05) is 0 Å². The van der Waals surface area contributed by atoms with E-state index in [0.29, 0.717) is 17.6 Å². The van der Waals surface area contributed by atoms with Gasteiger partial charge in [0.05, 0.1) is 6.10 Å². The van der Waals surface area contributed by atoms with E-state index in [1.54, 1.807) is 0 Å². The highest BCUT2D eigenvalue weighted by Gasteiger charge is 2.63. The number of carbonyl (C=O) groups is 1. The number of hydrogen-bond donors (Lipinski definition) is 1. The van der Waals surface area contributed by atoms with Crippen molar-refractivity contribution in [2.45, 2.75) is 72.3 Å². The minimum absolute atomic E-state index is 0.0000321. The number of fused-ring (bicyclic) bond motifs is 3. The molecule has 3 saturated carbocycles. The van der Waals surface area contributed by atoms with Crippen LogP contribution < -0.4 is 0 Å². The van der Waals surface area contributed by atoms with E-state index in [4.69, 9.17) is 0 Å². The standard InChI is InChI=1S/C17H28O2/c1-15(2)11-7-9-17(4)12(5-6-14(17)19)16(11,3)10-8-13(15)18/h11-13,18H,5-10H2,1-4H3/t11-,12+,13-,16-,17+/m0/s1. The highest BCUT2D eigenvalue weighted by atomic mass is 16.3. The minimum atomic E-state index is -0.174. The van der Waals surface area contributed by atoms with E-state index in [2.05, 4.69) is 27.7 Å². The molecule has 108 valence electrons. The zero-order valence-corrected chi connectivity index (χ0v) is 12.8. The Kier molecular flexibility index (Phi) is 2.75. The molecule has 3 rings (SSSR count). The van der Waals surface area contributed by atoms with Crippen molar-refractivity contribution in [1.29, 1.82) is 0 Å². The normalized spacial score (nSPS) is 52.7. The quantitative estimate of drug-likeness (QED) is 0.726. The van der Waals surface area contributed by atoms with Crippen molar-refractivity contribution in [3.63, 3.8) is 0 Å². The number of ketones is 1. The van der Waals surface area contributed by atoms with Gasteiger partial charge in [0.2, 0.25) is 0 Å². The van der Waals surface area contributed by atoms with Crippen LogP contribution in [0.2, 0.25) is 0 Å². The van der Waals surface area contributed by atoms with Gasteiger partial charge in [0.15, 0.2) is 0 Å². The zero-order chi connectivity index (χ0) is 14.1. The lowest BCUT2D eigenvalue weighted by Gasteiger charge is -2.61. The highest BCUT2D eigenvalue weighted by molar-refractivity contribution is 5.87. The predicted molar refractivity (Wildman–Crippen MR) is 75.7 cm³/mol. The fourth-order valence-electron chi connectivity index (χ4n) is 6.08. The van der Waals surface area contributed by atoms with Gasteiger partial charge < -0.3 is 5.11 Å². The lowest BCUT2D eigenvalue weighted by molar-refractivity contribution is -0.167. The fourth-order valence-corrected chi connectivity index (χ4v) is 6.08. The van der Waals surface area contributed by atoms with Gasteiger partial charge in [-0.3, -0.25) is 4.79 Å². The first-order valence-corrected chi connectivity index (χ1v) is 7.94. The minimum Gasteiger partial charge on any atom is -0.393 e. The lowest BCUT2D eigenvalue weighted by atomic mass is 9.43. The topological polar surface area (TPSA) is 37.3 Å². The first-order chi connectivity index (χ1) is 8.73. The number of aliphatic hydroxyl groups excluding tert-OH is 1. The Morgan fingerprint density at radius 2 is 1.68 bits per heavy atom. The molecule has 2 nitrogen and oxygen atoms in total. The van der Waals surface area contributed by atoms with Gasteiger partial charge >= 0.3 is 0 Å². The maximum Gasteiger partial charge on any atom is 0.139 e. The summed E-state index contributed by atoms with van der Waals surface area (Å²) in [5.74, 6) is 1.60. The third-order valence-corrected chi connectivity index (χ3v) is 7.32. The molecule has 0 saturated heterocycles. The van der Waals surface area contributed by atoms with E-state index in [9.17, 15) is 9.90 Å². The summed E-state index contributed by atoms with van der Waals surface area (Å²) in [7, 11) is 0. The third kappa shape index (κ3) is 1.55.